The molecule has 0 amide bonds. The fraction of sp³-hybridized carbons (Fsp3) is 0.615. The van der Waals surface area contributed by atoms with Gasteiger partial charge in [0.05, 0.1) is 17.9 Å². The van der Waals surface area contributed by atoms with Crippen molar-refractivity contribution in [3.8, 4) is 0 Å². The summed E-state index contributed by atoms with van der Waals surface area (Å²) >= 11 is 1.53. The van der Waals surface area contributed by atoms with Crippen LogP contribution in [0.25, 0.3) is 0 Å². The van der Waals surface area contributed by atoms with E-state index in [2.05, 4.69) is 47.1 Å². The second-order valence-electron chi connectivity index (χ2n) is 3.81. The molecule has 0 fully saturated rings. The number of anilines is 1. The van der Waals surface area contributed by atoms with E-state index in [0.717, 1.165) is 24.7 Å². The number of carbonyl (C=O) groups excluding carboxylic acids is 1. The largest absolute Gasteiger partial charge is 0.468 e. The standard InChI is InChI=1S/C13H22N2O2S/c1-5-14(6-2)11-8-9-12(15(11)7-3)18-10-13(16)17-4/h8-9H,5-7,10H2,1-4H3. The first kappa shape index (κ1) is 15.0. The van der Waals surface area contributed by atoms with Crippen LogP contribution in [0.2, 0.25) is 0 Å². The van der Waals surface area contributed by atoms with Crippen LogP contribution in [0.4, 0.5) is 5.82 Å². The molecule has 0 aromatic carbocycles. The number of nitrogens with zero attached hydrogens (tertiary/aromatic N) is 2. The van der Waals surface area contributed by atoms with E-state index < -0.39 is 0 Å². The summed E-state index contributed by atoms with van der Waals surface area (Å²) in [6.07, 6.45) is 0. The molecule has 1 heterocycles. The Morgan fingerprint density at radius 3 is 2.50 bits per heavy atom. The van der Waals surface area contributed by atoms with E-state index in [4.69, 9.17) is 0 Å². The zero-order chi connectivity index (χ0) is 13.5. The lowest BCUT2D eigenvalue weighted by molar-refractivity contribution is -0.137. The Bertz CT molecular complexity index is 386. The second kappa shape index (κ2) is 7.36. The van der Waals surface area contributed by atoms with Crippen molar-refractivity contribution in [1.82, 2.24) is 4.57 Å². The van der Waals surface area contributed by atoms with Gasteiger partial charge in [-0.2, -0.15) is 0 Å². The van der Waals surface area contributed by atoms with Crippen LogP contribution in [0.1, 0.15) is 20.8 Å². The van der Waals surface area contributed by atoms with Crippen LogP contribution in [-0.2, 0) is 16.1 Å². The molecule has 0 aliphatic heterocycles. The van der Waals surface area contributed by atoms with Crippen LogP contribution >= 0.6 is 11.8 Å². The van der Waals surface area contributed by atoms with Crippen LogP contribution in [0.15, 0.2) is 17.2 Å². The summed E-state index contributed by atoms with van der Waals surface area (Å²) in [6.45, 7) is 9.30. The smallest absolute Gasteiger partial charge is 0.316 e. The van der Waals surface area contributed by atoms with Gasteiger partial charge in [-0.05, 0) is 32.9 Å². The topological polar surface area (TPSA) is 34.5 Å². The maximum Gasteiger partial charge on any atom is 0.316 e. The van der Waals surface area contributed by atoms with Gasteiger partial charge in [-0.1, -0.05) is 11.8 Å². The third-order valence-corrected chi connectivity index (χ3v) is 3.92. The van der Waals surface area contributed by atoms with Gasteiger partial charge in [-0.15, -0.1) is 0 Å². The summed E-state index contributed by atoms with van der Waals surface area (Å²) in [4.78, 5) is 13.5. The Labute approximate surface area is 113 Å². The summed E-state index contributed by atoms with van der Waals surface area (Å²) in [5.74, 6) is 1.39. The molecular weight excluding hydrogens is 248 g/mol. The highest BCUT2D eigenvalue weighted by molar-refractivity contribution is 7.99. The maximum absolute atomic E-state index is 11.2. The fourth-order valence-corrected chi connectivity index (χ4v) is 2.82. The predicted molar refractivity (Wildman–Crippen MR) is 76.4 cm³/mol. The molecular formula is C13H22N2O2S. The zero-order valence-electron chi connectivity index (χ0n) is 11.6. The lowest BCUT2D eigenvalue weighted by Crippen LogP contribution is -2.24. The minimum atomic E-state index is -0.187. The van der Waals surface area contributed by atoms with Crippen LogP contribution in [-0.4, -0.2) is 36.5 Å². The van der Waals surface area contributed by atoms with Gasteiger partial charge < -0.3 is 14.2 Å². The van der Waals surface area contributed by atoms with E-state index in [9.17, 15) is 4.79 Å². The van der Waals surface area contributed by atoms with E-state index in [1.54, 1.807) is 0 Å². The summed E-state index contributed by atoms with van der Waals surface area (Å²) in [6, 6.07) is 4.20. The molecule has 1 aromatic rings. The summed E-state index contributed by atoms with van der Waals surface area (Å²) in [5, 5.41) is 1.12. The average Bonchev–Trinajstić information content (AvgIpc) is 2.80. The van der Waals surface area contributed by atoms with Crippen molar-refractivity contribution in [3.05, 3.63) is 12.1 Å². The van der Waals surface area contributed by atoms with E-state index in [1.165, 1.54) is 24.7 Å². The first-order chi connectivity index (χ1) is 8.67. The van der Waals surface area contributed by atoms with Crippen molar-refractivity contribution in [3.63, 3.8) is 0 Å². The lowest BCUT2D eigenvalue weighted by atomic mass is 10.4. The van der Waals surface area contributed by atoms with Gasteiger partial charge in [0.25, 0.3) is 0 Å². The Balaban J connectivity index is 2.84. The van der Waals surface area contributed by atoms with Crippen molar-refractivity contribution in [2.24, 2.45) is 0 Å². The number of hydrogen-bond acceptors (Lipinski definition) is 4. The number of ether oxygens (including phenoxy) is 1. The van der Waals surface area contributed by atoms with Crippen molar-refractivity contribution in [1.29, 1.82) is 0 Å². The molecule has 0 spiro atoms. The van der Waals surface area contributed by atoms with Crippen LogP contribution in [0, 0.1) is 0 Å². The highest BCUT2D eigenvalue weighted by Gasteiger charge is 2.12. The Morgan fingerprint density at radius 1 is 1.33 bits per heavy atom. The fourth-order valence-electron chi connectivity index (χ4n) is 1.90. The third-order valence-electron chi connectivity index (χ3n) is 2.89. The Morgan fingerprint density at radius 2 is 2.00 bits per heavy atom. The number of esters is 1. The molecule has 0 aliphatic carbocycles. The Hall–Kier alpha value is -1.10. The first-order valence-corrected chi connectivity index (χ1v) is 7.30. The minimum absolute atomic E-state index is 0.187. The molecule has 1 aromatic heterocycles. The number of methoxy groups -OCH3 is 1. The Kier molecular flexibility index (Phi) is 6.12. The molecule has 18 heavy (non-hydrogen) atoms. The van der Waals surface area contributed by atoms with Gasteiger partial charge in [0.2, 0.25) is 0 Å². The van der Waals surface area contributed by atoms with Gasteiger partial charge in [0, 0.05) is 19.6 Å². The third kappa shape index (κ3) is 3.45. The van der Waals surface area contributed by atoms with Crippen LogP contribution in [0.5, 0.6) is 0 Å². The predicted octanol–water partition coefficient (Wildman–Crippen LogP) is 2.62. The number of thioether (sulfide) groups is 1. The monoisotopic (exact) mass is 270 g/mol. The summed E-state index contributed by atoms with van der Waals surface area (Å²) in [5.41, 5.74) is 0. The molecule has 0 bridgehead atoms. The van der Waals surface area contributed by atoms with Crippen molar-refractivity contribution in [2.45, 2.75) is 32.3 Å². The van der Waals surface area contributed by atoms with Crippen molar-refractivity contribution >= 4 is 23.5 Å². The van der Waals surface area contributed by atoms with Crippen molar-refractivity contribution in [2.75, 3.05) is 30.9 Å². The molecule has 0 atom stereocenters. The number of aromatic nitrogens is 1. The second-order valence-corrected chi connectivity index (χ2v) is 4.81. The molecule has 0 saturated heterocycles. The van der Waals surface area contributed by atoms with Gasteiger partial charge in [0.15, 0.2) is 0 Å². The number of carbonyl (C=O) groups is 1. The minimum Gasteiger partial charge on any atom is -0.468 e. The molecule has 0 N–H and O–H groups in total. The van der Waals surface area contributed by atoms with E-state index in [0.29, 0.717) is 5.75 Å². The van der Waals surface area contributed by atoms with Gasteiger partial charge >= 0.3 is 5.97 Å². The van der Waals surface area contributed by atoms with E-state index in [-0.39, 0.29) is 5.97 Å². The van der Waals surface area contributed by atoms with Gasteiger partial charge in [0.1, 0.15) is 5.82 Å². The SMILES string of the molecule is CCN(CC)c1ccc(SCC(=O)OC)n1CC. The quantitative estimate of drug-likeness (QED) is 0.563. The number of hydrogen-bond donors (Lipinski definition) is 0. The van der Waals surface area contributed by atoms with Gasteiger partial charge in [-0.25, -0.2) is 0 Å². The molecule has 0 saturated carbocycles. The molecule has 0 unspecified atom stereocenters. The average molecular weight is 270 g/mol. The van der Waals surface area contributed by atoms with E-state index in [1.807, 2.05) is 0 Å². The van der Waals surface area contributed by atoms with Crippen molar-refractivity contribution < 1.29 is 9.53 Å². The normalized spacial score (nSPS) is 10.4. The van der Waals surface area contributed by atoms with E-state index >= 15 is 0 Å². The molecule has 102 valence electrons. The molecule has 5 heteroatoms. The first-order valence-electron chi connectivity index (χ1n) is 6.31. The number of rotatable bonds is 7. The highest BCUT2D eigenvalue weighted by Crippen LogP contribution is 2.27. The van der Waals surface area contributed by atoms with Gasteiger partial charge in [-0.3, -0.25) is 4.79 Å². The summed E-state index contributed by atoms with van der Waals surface area (Å²) < 4.78 is 6.90. The lowest BCUT2D eigenvalue weighted by Gasteiger charge is -2.23. The highest BCUT2D eigenvalue weighted by atomic mass is 32.2. The molecule has 0 radical (unpaired) electrons. The molecule has 1 rings (SSSR count). The van der Waals surface area contributed by atoms with Crippen LogP contribution in [0.3, 0.4) is 0 Å². The van der Waals surface area contributed by atoms with Crippen LogP contribution < -0.4 is 4.90 Å². The molecule has 4 nitrogen and oxygen atoms in total. The molecule has 0 aliphatic rings. The maximum atomic E-state index is 11.2. The summed E-state index contributed by atoms with van der Waals surface area (Å²) in [7, 11) is 1.42. The zero-order valence-corrected chi connectivity index (χ0v) is 12.4.